The van der Waals surface area contributed by atoms with E-state index >= 15 is 0 Å². The lowest BCUT2D eigenvalue weighted by molar-refractivity contribution is -0.231. The van der Waals surface area contributed by atoms with Crippen LogP contribution in [0.2, 0.25) is 0 Å². The molecule has 0 fully saturated rings. The van der Waals surface area contributed by atoms with Crippen molar-refractivity contribution in [1.29, 1.82) is 0 Å². The van der Waals surface area contributed by atoms with Gasteiger partial charge in [-0.05, 0) is 26.8 Å². The third-order valence-electron chi connectivity index (χ3n) is 1.81. The zero-order chi connectivity index (χ0) is 11.3. The van der Waals surface area contributed by atoms with Crippen LogP contribution in [-0.4, -0.2) is 23.0 Å². The first kappa shape index (κ1) is 12.3. The summed E-state index contributed by atoms with van der Waals surface area (Å²) < 4.78 is 23.4. The number of rotatable bonds is 6. The molecule has 0 aliphatic carbocycles. The van der Waals surface area contributed by atoms with Crippen molar-refractivity contribution >= 4 is 8.46 Å². The van der Waals surface area contributed by atoms with Gasteiger partial charge < -0.3 is 9.47 Å². The molecule has 83 valence electrons. The molecule has 1 aromatic heterocycles. The van der Waals surface area contributed by atoms with Gasteiger partial charge in [-0.2, -0.15) is 5.10 Å². The lowest BCUT2D eigenvalue weighted by atomic mass is 10.5. The highest BCUT2D eigenvalue weighted by Gasteiger charge is 2.37. The minimum Gasteiger partial charge on any atom is -0.322 e. The molecule has 1 heterocycles. The maximum Gasteiger partial charge on any atom is 0.356 e. The van der Waals surface area contributed by atoms with Gasteiger partial charge in [0.1, 0.15) is 6.20 Å². The average Bonchev–Trinajstić information content (AvgIpc) is 2.64. The Morgan fingerprint density at radius 1 is 1.53 bits per heavy atom. The average molecular weight is 229 g/mol. The molecule has 0 spiro atoms. The highest BCUT2D eigenvalue weighted by atomic mass is 31.1. The molecule has 0 amide bonds. The van der Waals surface area contributed by atoms with Gasteiger partial charge in [0, 0.05) is 18.9 Å². The topological polar surface area (TPSA) is 53.4 Å². The van der Waals surface area contributed by atoms with Gasteiger partial charge in [0.2, 0.25) is 8.46 Å². The Bertz CT molecular complexity index is 321. The quantitative estimate of drug-likeness (QED) is 0.552. The van der Waals surface area contributed by atoms with E-state index in [9.17, 15) is 4.57 Å². The van der Waals surface area contributed by atoms with Crippen LogP contribution in [0, 0.1) is 13.1 Å². The molecule has 0 bridgehead atoms. The Morgan fingerprint density at radius 2 is 2.13 bits per heavy atom. The molecule has 0 saturated heterocycles. The van der Waals surface area contributed by atoms with Crippen LogP contribution in [0.15, 0.2) is 6.07 Å². The van der Waals surface area contributed by atoms with E-state index in [0.29, 0.717) is 13.2 Å². The van der Waals surface area contributed by atoms with Crippen molar-refractivity contribution in [3.63, 3.8) is 0 Å². The molecule has 1 radical (unpaired) electrons. The largest absolute Gasteiger partial charge is 0.356 e. The van der Waals surface area contributed by atoms with Gasteiger partial charge in [-0.15, -0.1) is 0 Å². The SMILES string of the molecule is CCOC(OCC)(P=O)n1n[c]cc1C. The smallest absolute Gasteiger partial charge is 0.322 e. The Hall–Kier alpha value is -0.770. The number of ether oxygens (including phenoxy) is 2. The molecule has 0 unspecified atom stereocenters. The van der Waals surface area contributed by atoms with Crippen LogP contribution < -0.4 is 0 Å². The second-order valence-electron chi connectivity index (χ2n) is 2.83. The third-order valence-corrected chi connectivity index (χ3v) is 2.49. The van der Waals surface area contributed by atoms with E-state index in [0.717, 1.165) is 5.69 Å². The summed E-state index contributed by atoms with van der Waals surface area (Å²) in [5.74, 6) is 0. The third kappa shape index (κ3) is 2.43. The number of hydrogen-bond acceptors (Lipinski definition) is 4. The molecule has 6 heteroatoms. The minimum absolute atomic E-state index is 0.283. The molecule has 0 aromatic carbocycles. The summed E-state index contributed by atoms with van der Waals surface area (Å²) in [4.78, 5) is 0. The van der Waals surface area contributed by atoms with E-state index in [4.69, 9.17) is 9.47 Å². The summed E-state index contributed by atoms with van der Waals surface area (Å²) in [5, 5.41) is 3.93. The van der Waals surface area contributed by atoms with Crippen molar-refractivity contribution in [2.75, 3.05) is 13.2 Å². The number of nitrogens with zero attached hydrogens (tertiary/aromatic N) is 2. The molecular formula is C9H14N2O3P. The minimum atomic E-state index is -1.35. The normalized spacial score (nSPS) is 12.2. The molecular weight excluding hydrogens is 215 g/mol. The van der Waals surface area contributed by atoms with Crippen molar-refractivity contribution < 1.29 is 14.0 Å². The van der Waals surface area contributed by atoms with Crippen molar-refractivity contribution in [2.24, 2.45) is 0 Å². The fraction of sp³-hybridized carbons (Fsp3) is 0.667. The van der Waals surface area contributed by atoms with Crippen LogP contribution in [0.4, 0.5) is 0 Å². The van der Waals surface area contributed by atoms with E-state index in [1.165, 1.54) is 4.68 Å². The van der Waals surface area contributed by atoms with E-state index in [1.807, 2.05) is 20.8 Å². The first-order valence-electron chi connectivity index (χ1n) is 4.75. The standard InChI is InChI=1S/C9H14N2O3P/c1-4-13-9(15-12,14-5-2)11-8(3)6-7-10-11/h6H,4-5H2,1-3H3. The molecule has 15 heavy (non-hydrogen) atoms. The lowest BCUT2D eigenvalue weighted by Crippen LogP contribution is -2.36. The molecule has 5 nitrogen and oxygen atoms in total. The fourth-order valence-electron chi connectivity index (χ4n) is 1.24. The van der Waals surface area contributed by atoms with Crippen LogP contribution >= 0.6 is 8.46 Å². The fourth-order valence-corrected chi connectivity index (χ4v) is 1.88. The summed E-state index contributed by atoms with van der Waals surface area (Å²) >= 11 is 0. The Kier molecular flexibility index (Phi) is 4.39. The molecule has 0 aliphatic rings. The van der Waals surface area contributed by atoms with Crippen molar-refractivity contribution in [1.82, 2.24) is 9.78 Å². The molecule has 1 aromatic rings. The van der Waals surface area contributed by atoms with E-state index < -0.39 is 5.65 Å². The summed E-state index contributed by atoms with van der Waals surface area (Å²) in [7, 11) is -0.283. The lowest BCUT2D eigenvalue weighted by Gasteiger charge is -2.27. The van der Waals surface area contributed by atoms with E-state index in [2.05, 4.69) is 11.3 Å². The Balaban J connectivity index is 3.08. The summed E-state index contributed by atoms with van der Waals surface area (Å²) in [5.41, 5.74) is -0.576. The van der Waals surface area contributed by atoms with Gasteiger partial charge >= 0.3 is 5.65 Å². The van der Waals surface area contributed by atoms with Crippen LogP contribution in [0.1, 0.15) is 19.5 Å². The molecule has 0 atom stereocenters. The highest BCUT2D eigenvalue weighted by molar-refractivity contribution is 7.24. The molecule has 0 N–H and O–H groups in total. The number of aromatic nitrogens is 2. The molecule has 1 rings (SSSR count). The monoisotopic (exact) mass is 229 g/mol. The number of aryl methyl sites for hydroxylation is 1. The van der Waals surface area contributed by atoms with E-state index in [-0.39, 0.29) is 8.46 Å². The van der Waals surface area contributed by atoms with Crippen LogP contribution in [0.5, 0.6) is 0 Å². The van der Waals surface area contributed by atoms with Gasteiger partial charge in [0.05, 0.1) is 0 Å². The zero-order valence-corrected chi connectivity index (χ0v) is 9.95. The van der Waals surface area contributed by atoms with Crippen LogP contribution in [-0.2, 0) is 19.7 Å². The van der Waals surface area contributed by atoms with Gasteiger partial charge in [0.15, 0.2) is 0 Å². The van der Waals surface area contributed by atoms with Gasteiger partial charge in [-0.25, -0.2) is 4.68 Å². The second-order valence-corrected chi connectivity index (χ2v) is 3.58. The highest BCUT2D eigenvalue weighted by Crippen LogP contribution is 2.32. The summed E-state index contributed by atoms with van der Waals surface area (Å²) in [6, 6.07) is 1.68. The van der Waals surface area contributed by atoms with Crippen molar-refractivity contribution in [3.8, 4) is 0 Å². The van der Waals surface area contributed by atoms with Crippen LogP contribution in [0.3, 0.4) is 0 Å². The molecule has 0 saturated carbocycles. The Labute approximate surface area is 90.6 Å². The maximum atomic E-state index is 11.2. The zero-order valence-electron chi connectivity index (χ0n) is 9.06. The van der Waals surface area contributed by atoms with Crippen LogP contribution in [0.25, 0.3) is 0 Å². The Morgan fingerprint density at radius 3 is 2.47 bits per heavy atom. The number of hydrogen-bond donors (Lipinski definition) is 0. The summed E-state index contributed by atoms with van der Waals surface area (Å²) in [6.45, 7) is 6.20. The predicted molar refractivity (Wildman–Crippen MR) is 54.6 cm³/mol. The molecule has 0 aliphatic heterocycles. The van der Waals surface area contributed by atoms with Gasteiger partial charge in [-0.1, -0.05) is 0 Å². The van der Waals surface area contributed by atoms with E-state index in [1.54, 1.807) is 6.07 Å². The maximum absolute atomic E-state index is 11.2. The predicted octanol–water partition coefficient (Wildman–Crippen LogP) is 1.92. The first-order chi connectivity index (χ1) is 7.20. The van der Waals surface area contributed by atoms with Gasteiger partial charge in [-0.3, -0.25) is 4.57 Å². The van der Waals surface area contributed by atoms with Crippen molar-refractivity contribution in [2.45, 2.75) is 26.4 Å². The van der Waals surface area contributed by atoms with Gasteiger partial charge in [0.25, 0.3) is 0 Å². The summed E-state index contributed by atoms with van der Waals surface area (Å²) in [6.07, 6.45) is 2.66. The van der Waals surface area contributed by atoms with Crippen molar-refractivity contribution in [3.05, 3.63) is 18.0 Å². The first-order valence-corrected chi connectivity index (χ1v) is 5.57. The second kappa shape index (κ2) is 5.35.